The van der Waals surface area contributed by atoms with E-state index in [1.54, 1.807) is 23.8 Å². The third-order valence-electron chi connectivity index (χ3n) is 2.72. The molecule has 0 aromatic carbocycles. The van der Waals surface area contributed by atoms with Crippen LogP contribution in [-0.4, -0.2) is 40.5 Å². The average Bonchev–Trinajstić information content (AvgIpc) is 3.07. The molecule has 0 aliphatic carbocycles. The van der Waals surface area contributed by atoms with Crippen LogP contribution in [0.2, 0.25) is 0 Å². The van der Waals surface area contributed by atoms with Gasteiger partial charge in [0, 0.05) is 36.3 Å². The lowest BCUT2D eigenvalue weighted by molar-refractivity contribution is -0.137. The van der Waals surface area contributed by atoms with Crippen LogP contribution in [0.25, 0.3) is 10.6 Å². The highest BCUT2D eigenvalue weighted by molar-refractivity contribution is 7.14. The predicted octanol–water partition coefficient (Wildman–Crippen LogP) is 2.81. The summed E-state index contributed by atoms with van der Waals surface area (Å²) in [6.45, 7) is 0.413. The summed E-state index contributed by atoms with van der Waals surface area (Å²) in [7, 11) is 1.66. The summed E-state index contributed by atoms with van der Waals surface area (Å²) in [5.74, 6) is -1.02. The zero-order valence-corrected chi connectivity index (χ0v) is 12.5. The Hall–Kier alpha value is -1.73. The number of hydrogen-bond acceptors (Lipinski definition) is 5. The van der Waals surface area contributed by atoms with Crippen molar-refractivity contribution in [2.45, 2.75) is 12.8 Å². The Morgan fingerprint density at radius 1 is 1.40 bits per heavy atom. The van der Waals surface area contributed by atoms with Crippen LogP contribution in [0.4, 0.5) is 0 Å². The molecule has 2 rings (SSSR count). The van der Waals surface area contributed by atoms with Crippen LogP contribution in [0, 0.1) is 0 Å². The molecule has 0 unspecified atom stereocenters. The van der Waals surface area contributed by atoms with Gasteiger partial charge in [-0.3, -0.25) is 9.59 Å². The SMILES string of the molecule is CN(CCCC(=O)O)C(=O)c1csc(-c2ccsc2)n1. The minimum absolute atomic E-state index is 0.0643. The van der Waals surface area contributed by atoms with Crippen molar-refractivity contribution in [1.82, 2.24) is 9.88 Å². The van der Waals surface area contributed by atoms with Gasteiger partial charge in [-0.05, 0) is 17.9 Å². The molecule has 0 saturated carbocycles. The highest BCUT2D eigenvalue weighted by Crippen LogP contribution is 2.26. The second kappa shape index (κ2) is 6.62. The van der Waals surface area contributed by atoms with E-state index in [4.69, 9.17) is 5.11 Å². The van der Waals surface area contributed by atoms with Gasteiger partial charge in [-0.1, -0.05) is 0 Å². The molecule has 0 saturated heterocycles. The van der Waals surface area contributed by atoms with Gasteiger partial charge >= 0.3 is 5.97 Å². The smallest absolute Gasteiger partial charge is 0.303 e. The zero-order chi connectivity index (χ0) is 14.5. The van der Waals surface area contributed by atoms with E-state index in [1.165, 1.54) is 16.2 Å². The first-order chi connectivity index (χ1) is 9.58. The minimum Gasteiger partial charge on any atom is -0.481 e. The Labute approximate surface area is 124 Å². The fraction of sp³-hybridized carbons (Fsp3) is 0.308. The molecule has 0 spiro atoms. The number of thiazole rings is 1. The van der Waals surface area contributed by atoms with Gasteiger partial charge in [0.2, 0.25) is 0 Å². The molecule has 2 aromatic rings. The fourth-order valence-corrected chi connectivity index (χ4v) is 3.16. The number of aliphatic carboxylic acids is 1. The quantitative estimate of drug-likeness (QED) is 0.890. The normalized spacial score (nSPS) is 10.4. The van der Waals surface area contributed by atoms with Crippen molar-refractivity contribution >= 4 is 34.6 Å². The summed E-state index contributed by atoms with van der Waals surface area (Å²) in [4.78, 5) is 28.4. The maximum absolute atomic E-state index is 12.1. The van der Waals surface area contributed by atoms with Crippen LogP contribution < -0.4 is 0 Å². The summed E-state index contributed by atoms with van der Waals surface area (Å²) >= 11 is 3.02. The van der Waals surface area contributed by atoms with Gasteiger partial charge < -0.3 is 10.0 Å². The second-order valence-electron chi connectivity index (χ2n) is 4.27. The number of hydrogen-bond donors (Lipinski definition) is 1. The monoisotopic (exact) mass is 310 g/mol. The number of thiophene rings is 1. The van der Waals surface area contributed by atoms with Crippen molar-refractivity contribution in [3.63, 3.8) is 0 Å². The largest absolute Gasteiger partial charge is 0.481 e. The summed E-state index contributed by atoms with van der Waals surface area (Å²) in [5, 5.41) is 15.1. The van der Waals surface area contributed by atoms with Gasteiger partial charge in [0.1, 0.15) is 10.7 Å². The number of aromatic nitrogens is 1. The molecular weight excluding hydrogens is 296 g/mol. The standard InChI is InChI=1S/C13H14N2O3S2/c1-15(5-2-3-11(16)17)13(18)10-8-20-12(14-10)9-4-6-19-7-9/h4,6-8H,2-3,5H2,1H3,(H,16,17). The van der Waals surface area contributed by atoms with Gasteiger partial charge in [-0.15, -0.1) is 11.3 Å². The molecule has 0 aliphatic heterocycles. The first-order valence-corrected chi connectivity index (χ1v) is 7.85. The van der Waals surface area contributed by atoms with E-state index in [1.807, 2.05) is 16.8 Å². The van der Waals surface area contributed by atoms with Crippen molar-refractivity contribution in [1.29, 1.82) is 0 Å². The van der Waals surface area contributed by atoms with E-state index in [0.29, 0.717) is 18.7 Å². The summed E-state index contributed by atoms with van der Waals surface area (Å²) in [5.41, 5.74) is 1.43. The molecule has 5 nitrogen and oxygen atoms in total. The number of rotatable bonds is 6. The Morgan fingerprint density at radius 3 is 2.85 bits per heavy atom. The molecule has 0 radical (unpaired) electrons. The molecule has 20 heavy (non-hydrogen) atoms. The topological polar surface area (TPSA) is 70.5 Å². The maximum Gasteiger partial charge on any atom is 0.303 e. The lowest BCUT2D eigenvalue weighted by Gasteiger charge is -2.14. The summed E-state index contributed by atoms with van der Waals surface area (Å²) in [6, 6.07) is 1.97. The highest BCUT2D eigenvalue weighted by Gasteiger charge is 2.16. The van der Waals surface area contributed by atoms with Gasteiger partial charge in [0.15, 0.2) is 0 Å². The fourth-order valence-electron chi connectivity index (χ4n) is 1.66. The molecule has 106 valence electrons. The average molecular weight is 310 g/mol. The number of carbonyl (C=O) groups is 2. The molecule has 1 amide bonds. The predicted molar refractivity (Wildman–Crippen MR) is 79.3 cm³/mol. The lowest BCUT2D eigenvalue weighted by atomic mass is 10.3. The first-order valence-electron chi connectivity index (χ1n) is 6.03. The third-order valence-corrected chi connectivity index (χ3v) is 4.30. The molecule has 2 aromatic heterocycles. The summed E-state index contributed by atoms with van der Waals surface area (Å²) < 4.78 is 0. The molecule has 1 N–H and O–H groups in total. The number of carboxylic acid groups (broad SMARTS) is 1. The van der Waals surface area contributed by atoms with E-state index in [9.17, 15) is 9.59 Å². The Kier molecular flexibility index (Phi) is 4.86. The molecule has 0 aliphatic rings. The lowest BCUT2D eigenvalue weighted by Crippen LogP contribution is -2.28. The zero-order valence-electron chi connectivity index (χ0n) is 10.9. The number of carboxylic acids is 1. The number of carbonyl (C=O) groups excluding carboxylic acids is 1. The van der Waals surface area contributed by atoms with Crippen LogP contribution in [0.1, 0.15) is 23.3 Å². The molecule has 0 bridgehead atoms. The van der Waals surface area contributed by atoms with Gasteiger partial charge in [-0.2, -0.15) is 11.3 Å². The maximum atomic E-state index is 12.1. The molecule has 0 atom stereocenters. The minimum atomic E-state index is -0.848. The van der Waals surface area contributed by atoms with Crippen LogP contribution in [-0.2, 0) is 4.79 Å². The van der Waals surface area contributed by atoms with Crippen LogP contribution in [0.5, 0.6) is 0 Å². The van der Waals surface area contributed by atoms with E-state index in [2.05, 4.69) is 4.98 Å². The van der Waals surface area contributed by atoms with E-state index >= 15 is 0 Å². The van der Waals surface area contributed by atoms with E-state index in [0.717, 1.165) is 10.6 Å². The molecular formula is C13H14N2O3S2. The molecule has 2 heterocycles. The van der Waals surface area contributed by atoms with Crippen molar-refractivity contribution in [2.75, 3.05) is 13.6 Å². The van der Waals surface area contributed by atoms with Crippen LogP contribution >= 0.6 is 22.7 Å². The Balaban J connectivity index is 1.97. The van der Waals surface area contributed by atoms with E-state index < -0.39 is 5.97 Å². The Morgan fingerprint density at radius 2 is 2.20 bits per heavy atom. The molecule has 0 fully saturated rings. The van der Waals surface area contributed by atoms with Crippen LogP contribution in [0.15, 0.2) is 22.2 Å². The third kappa shape index (κ3) is 3.64. The van der Waals surface area contributed by atoms with Gasteiger partial charge in [-0.25, -0.2) is 4.98 Å². The van der Waals surface area contributed by atoms with E-state index in [-0.39, 0.29) is 12.3 Å². The Bertz CT molecular complexity index is 593. The molecule has 7 heteroatoms. The van der Waals surface area contributed by atoms with Crippen molar-refractivity contribution in [3.05, 3.63) is 27.9 Å². The highest BCUT2D eigenvalue weighted by atomic mass is 32.1. The first kappa shape index (κ1) is 14.7. The van der Waals surface area contributed by atoms with Crippen LogP contribution in [0.3, 0.4) is 0 Å². The van der Waals surface area contributed by atoms with Gasteiger partial charge in [0.05, 0.1) is 0 Å². The number of nitrogens with zero attached hydrogens (tertiary/aromatic N) is 2. The summed E-state index contributed by atoms with van der Waals surface area (Å²) in [6.07, 6.45) is 0.508. The second-order valence-corrected chi connectivity index (χ2v) is 5.91. The van der Waals surface area contributed by atoms with Crippen molar-refractivity contribution in [2.24, 2.45) is 0 Å². The van der Waals surface area contributed by atoms with Crippen molar-refractivity contribution < 1.29 is 14.7 Å². The van der Waals surface area contributed by atoms with Crippen molar-refractivity contribution in [3.8, 4) is 10.6 Å². The number of amides is 1. The van der Waals surface area contributed by atoms with Gasteiger partial charge in [0.25, 0.3) is 5.91 Å².